The van der Waals surface area contributed by atoms with Crippen molar-refractivity contribution in [2.24, 2.45) is 0 Å². The van der Waals surface area contributed by atoms with Crippen LogP contribution in [-0.4, -0.2) is 28.3 Å². The number of hydrogen-bond acceptors (Lipinski definition) is 3. The molecule has 1 aliphatic rings. The Hall–Kier alpha value is -2.66. The second kappa shape index (κ2) is 5.85. The van der Waals surface area contributed by atoms with Crippen LogP contribution < -0.4 is 0 Å². The Bertz CT molecular complexity index is 713. The fourth-order valence-corrected chi connectivity index (χ4v) is 3.22. The highest BCUT2D eigenvalue weighted by Crippen LogP contribution is 2.50. The molecule has 2 N–H and O–H groups in total. The van der Waals surface area contributed by atoms with E-state index in [2.05, 4.69) is 0 Å². The van der Waals surface area contributed by atoms with Crippen molar-refractivity contribution in [3.05, 3.63) is 71.8 Å². The first kappa shape index (κ1) is 15.2. The van der Waals surface area contributed by atoms with Gasteiger partial charge in [-0.3, -0.25) is 0 Å². The van der Waals surface area contributed by atoms with Crippen LogP contribution in [0.4, 0.5) is 0 Å². The first-order valence-corrected chi connectivity index (χ1v) is 7.30. The fourth-order valence-electron chi connectivity index (χ4n) is 3.22. The van der Waals surface area contributed by atoms with Crippen LogP contribution in [0.1, 0.15) is 23.5 Å². The smallest absolute Gasteiger partial charge is 0.341 e. The minimum absolute atomic E-state index is 0.112. The van der Waals surface area contributed by atoms with Gasteiger partial charge in [0.25, 0.3) is 0 Å². The molecule has 3 rings (SSSR count). The Balaban J connectivity index is 2.17. The van der Waals surface area contributed by atoms with Gasteiger partial charge in [-0.2, -0.15) is 0 Å². The number of carboxylic acid groups (broad SMARTS) is 2. The van der Waals surface area contributed by atoms with Crippen LogP contribution in [0.3, 0.4) is 0 Å². The van der Waals surface area contributed by atoms with E-state index in [1.54, 1.807) is 54.6 Å². The molecule has 1 aliphatic heterocycles. The molecule has 0 spiro atoms. The monoisotopic (exact) mass is 312 g/mol. The molecule has 1 fully saturated rings. The van der Waals surface area contributed by atoms with Crippen LogP contribution in [0.2, 0.25) is 0 Å². The van der Waals surface area contributed by atoms with Crippen molar-refractivity contribution < 1.29 is 24.5 Å². The molecule has 0 amide bonds. The van der Waals surface area contributed by atoms with E-state index in [4.69, 9.17) is 4.74 Å². The molecule has 3 unspecified atom stereocenters. The number of rotatable bonds is 4. The zero-order valence-electron chi connectivity index (χ0n) is 12.3. The zero-order valence-corrected chi connectivity index (χ0v) is 12.3. The van der Waals surface area contributed by atoms with E-state index in [9.17, 15) is 19.8 Å². The Kier molecular flexibility index (Phi) is 3.88. The van der Waals surface area contributed by atoms with Gasteiger partial charge in [0, 0.05) is 5.92 Å². The van der Waals surface area contributed by atoms with Crippen molar-refractivity contribution in [1.29, 1.82) is 0 Å². The maximum absolute atomic E-state index is 12.2. The Morgan fingerprint density at radius 3 is 2.04 bits per heavy atom. The summed E-state index contributed by atoms with van der Waals surface area (Å²) in [5, 5.41) is 19.3. The number of ether oxygens (including phenoxy) is 1. The molecule has 3 atom stereocenters. The van der Waals surface area contributed by atoms with E-state index in [-0.39, 0.29) is 6.42 Å². The van der Waals surface area contributed by atoms with Gasteiger partial charge in [0.2, 0.25) is 0 Å². The standard InChI is InChI=1S/C18H16O5/c19-16(20)15-11-14(12-7-3-1-4-8-12)18(23-15,17(21)22)13-9-5-2-6-10-13/h1-10,14-15H,11H2,(H,19,20)(H,21,22). The van der Waals surface area contributed by atoms with Crippen LogP contribution in [0.5, 0.6) is 0 Å². The van der Waals surface area contributed by atoms with Gasteiger partial charge in [-0.05, 0) is 17.5 Å². The molecule has 1 heterocycles. The van der Waals surface area contributed by atoms with Crippen LogP contribution >= 0.6 is 0 Å². The molecule has 0 bridgehead atoms. The summed E-state index contributed by atoms with van der Waals surface area (Å²) in [4.78, 5) is 23.6. The highest BCUT2D eigenvalue weighted by molar-refractivity contribution is 5.84. The normalized spacial score (nSPS) is 26.8. The lowest BCUT2D eigenvalue weighted by Gasteiger charge is -2.31. The molecular formula is C18H16O5. The summed E-state index contributed by atoms with van der Waals surface area (Å²) in [5.41, 5.74) is -0.501. The van der Waals surface area contributed by atoms with Crippen molar-refractivity contribution in [3.8, 4) is 0 Å². The van der Waals surface area contributed by atoms with E-state index in [1.807, 2.05) is 6.07 Å². The van der Waals surface area contributed by atoms with Crippen LogP contribution in [0, 0.1) is 0 Å². The lowest BCUT2D eigenvalue weighted by molar-refractivity contribution is -0.174. The molecule has 1 saturated heterocycles. The molecule has 2 aromatic carbocycles. The number of benzene rings is 2. The van der Waals surface area contributed by atoms with Gasteiger partial charge < -0.3 is 14.9 Å². The first-order chi connectivity index (χ1) is 11.1. The highest BCUT2D eigenvalue weighted by atomic mass is 16.6. The number of aliphatic carboxylic acids is 2. The van der Waals surface area contributed by atoms with E-state index in [0.717, 1.165) is 5.56 Å². The molecule has 5 heteroatoms. The SMILES string of the molecule is O=C(O)C1CC(c2ccccc2)C(C(=O)O)(c2ccccc2)O1. The molecule has 0 aromatic heterocycles. The second-order valence-electron chi connectivity index (χ2n) is 5.55. The van der Waals surface area contributed by atoms with Crippen molar-refractivity contribution >= 4 is 11.9 Å². The van der Waals surface area contributed by atoms with Gasteiger partial charge in [-0.25, -0.2) is 9.59 Å². The Labute approximate surface area is 133 Å². The number of hydrogen-bond donors (Lipinski definition) is 2. The van der Waals surface area contributed by atoms with E-state index in [1.165, 1.54) is 0 Å². The minimum atomic E-state index is -1.70. The van der Waals surface area contributed by atoms with Crippen LogP contribution in [0.15, 0.2) is 60.7 Å². The summed E-state index contributed by atoms with van der Waals surface area (Å²) in [6.45, 7) is 0. The summed E-state index contributed by atoms with van der Waals surface area (Å²) in [5.74, 6) is -2.91. The third-order valence-electron chi connectivity index (χ3n) is 4.27. The lowest BCUT2D eigenvalue weighted by Crippen LogP contribution is -2.41. The summed E-state index contributed by atoms with van der Waals surface area (Å²) in [6.07, 6.45) is -1.04. The fraction of sp³-hybridized carbons (Fsp3) is 0.222. The minimum Gasteiger partial charge on any atom is -0.479 e. The quantitative estimate of drug-likeness (QED) is 0.906. The summed E-state index contributed by atoms with van der Waals surface area (Å²) in [7, 11) is 0. The topological polar surface area (TPSA) is 83.8 Å². The molecule has 0 saturated carbocycles. The molecule has 2 aromatic rings. The largest absolute Gasteiger partial charge is 0.479 e. The van der Waals surface area contributed by atoms with Gasteiger partial charge in [-0.15, -0.1) is 0 Å². The van der Waals surface area contributed by atoms with Gasteiger partial charge >= 0.3 is 11.9 Å². The van der Waals surface area contributed by atoms with Crippen LogP contribution in [0.25, 0.3) is 0 Å². The molecule has 5 nitrogen and oxygen atoms in total. The third kappa shape index (κ3) is 2.49. The zero-order chi connectivity index (χ0) is 16.4. The maximum atomic E-state index is 12.2. The van der Waals surface area contributed by atoms with Gasteiger partial charge in [0.1, 0.15) is 0 Å². The number of carbonyl (C=O) groups is 2. The molecule has 23 heavy (non-hydrogen) atoms. The van der Waals surface area contributed by atoms with E-state index in [0.29, 0.717) is 5.56 Å². The van der Waals surface area contributed by atoms with Crippen molar-refractivity contribution in [2.75, 3.05) is 0 Å². The molecule has 0 radical (unpaired) electrons. The average Bonchev–Trinajstić information content (AvgIpc) is 2.99. The van der Waals surface area contributed by atoms with Crippen molar-refractivity contribution in [2.45, 2.75) is 24.0 Å². The van der Waals surface area contributed by atoms with Crippen molar-refractivity contribution in [1.82, 2.24) is 0 Å². The maximum Gasteiger partial charge on any atom is 0.341 e. The molecule has 0 aliphatic carbocycles. The summed E-state index contributed by atoms with van der Waals surface area (Å²) in [6, 6.07) is 17.6. The Morgan fingerprint density at radius 2 is 1.52 bits per heavy atom. The van der Waals surface area contributed by atoms with E-state index < -0.39 is 29.6 Å². The van der Waals surface area contributed by atoms with Gasteiger partial charge in [0.15, 0.2) is 11.7 Å². The Morgan fingerprint density at radius 1 is 0.957 bits per heavy atom. The summed E-state index contributed by atoms with van der Waals surface area (Å²) < 4.78 is 5.63. The predicted octanol–water partition coefficient (Wildman–Crippen LogP) is 2.62. The molecular weight excluding hydrogens is 296 g/mol. The second-order valence-corrected chi connectivity index (χ2v) is 5.55. The van der Waals surface area contributed by atoms with Crippen molar-refractivity contribution in [3.63, 3.8) is 0 Å². The lowest BCUT2D eigenvalue weighted by atomic mass is 9.77. The third-order valence-corrected chi connectivity index (χ3v) is 4.27. The van der Waals surface area contributed by atoms with E-state index >= 15 is 0 Å². The number of carboxylic acids is 2. The average molecular weight is 312 g/mol. The van der Waals surface area contributed by atoms with Crippen LogP contribution in [-0.2, 0) is 19.9 Å². The molecule has 118 valence electrons. The van der Waals surface area contributed by atoms with Gasteiger partial charge in [0.05, 0.1) is 0 Å². The van der Waals surface area contributed by atoms with Gasteiger partial charge in [-0.1, -0.05) is 60.7 Å². The summed E-state index contributed by atoms with van der Waals surface area (Å²) >= 11 is 0. The first-order valence-electron chi connectivity index (χ1n) is 7.30. The highest BCUT2D eigenvalue weighted by Gasteiger charge is 2.57. The predicted molar refractivity (Wildman–Crippen MR) is 82.1 cm³/mol.